The Morgan fingerprint density at radius 2 is 0.833 bits per heavy atom. The second-order valence-corrected chi connectivity index (χ2v) is 0.983. The first kappa shape index (κ1) is 36.9. The summed E-state index contributed by atoms with van der Waals surface area (Å²) >= 11 is 0. The fourth-order valence-electron chi connectivity index (χ4n) is 0. The van der Waals surface area contributed by atoms with Crippen LogP contribution >= 0.6 is 0 Å². The van der Waals surface area contributed by atoms with Crippen molar-refractivity contribution in [2.45, 2.75) is 13.8 Å². The number of carbonyl (C=O) groups is 2. The minimum absolute atomic E-state index is 0. The van der Waals surface area contributed by atoms with Crippen LogP contribution < -0.4 is 113 Å². The molecule has 0 aliphatic carbocycles. The zero-order valence-electron chi connectivity index (χ0n) is 7.63. The van der Waals surface area contributed by atoms with Crippen molar-refractivity contribution in [3.05, 3.63) is 0 Å². The molecule has 8 heteroatoms. The molecule has 6 nitrogen and oxygen atoms in total. The summed E-state index contributed by atoms with van der Waals surface area (Å²) in [4.78, 5) is 17.8. The maximum atomic E-state index is 8.89. The molecule has 0 unspecified atom stereocenters. The SMILES string of the molecule is CC(=O)[O-].CC(=O)[O-].O.O.[K+].[K+]. The quantitative estimate of drug-likeness (QED) is 0.382. The van der Waals surface area contributed by atoms with Gasteiger partial charge < -0.3 is 30.8 Å². The third kappa shape index (κ3) is 331. The number of carboxylic acid groups (broad SMARTS) is 2. The van der Waals surface area contributed by atoms with E-state index in [-0.39, 0.29) is 114 Å². The van der Waals surface area contributed by atoms with Crippen molar-refractivity contribution in [1.29, 1.82) is 0 Å². The Hall–Kier alpha value is 2.13. The van der Waals surface area contributed by atoms with Crippen LogP contribution in [0.25, 0.3) is 0 Å². The van der Waals surface area contributed by atoms with Gasteiger partial charge in [0.15, 0.2) is 0 Å². The second kappa shape index (κ2) is 29.2. The van der Waals surface area contributed by atoms with E-state index >= 15 is 0 Å². The van der Waals surface area contributed by atoms with Crippen LogP contribution in [0.15, 0.2) is 0 Å². The maximum absolute atomic E-state index is 8.89. The van der Waals surface area contributed by atoms with Gasteiger partial charge in [0.25, 0.3) is 0 Å². The van der Waals surface area contributed by atoms with Crippen LogP contribution in [0.5, 0.6) is 0 Å². The number of aliphatic carboxylic acids is 2. The summed E-state index contributed by atoms with van der Waals surface area (Å²) in [5, 5.41) is 17.8. The van der Waals surface area contributed by atoms with E-state index < -0.39 is 11.9 Å². The Bertz CT molecular complexity index is 75.5. The predicted molar refractivity (Wildman–Crippen MR) is 28.6 cm³/mol. The fraction of sp³-hybridized carbons (Fsp3) is 0.500. The average Bonchev–Trinajstić information content (AvgIpc) is 1.25. The largest absolute Gasteiger partial charge is 1.00 e. The van der Waals surface area contributed by atoms with Crippen LogP contribution in [0.3, 0.4) is 0 Å². The Kier molecular flexibility index (Phi) is 89.8. The van der Waals surface area contributed by atoms with Gasteiger partial charge in [-0.2, -0.15) is 0 Å². The van der Waals surface area contributed by atoms with E-state index in [4.69, 9.17) is 19.8 Å². The average molecular weight is 232 g/mol. The molecule has 0 aromatic rings. The van der Waals surface area contributed by atoms with E-state index in [2.05, 4.69) is 0 Å². The summed E-state index contributed by atoms with van der Waals surface area (Å²) in [5.74, 6) is -2.17. The van der Waals surface area contributed by atoms with Crippen molar-refractivity contribution in [1.82, 2.24) is 0 Å². The molecule has 4 N–H and O–H groups in total. The van der Waals surface area contributed by atoms with E-state index in [0.29, 0.717) is 0 Å². The second-order valence-electron chi connectivity index (χ2n) is 0.983. The molecule has 0 saturated carbocycles. The van der Waals surface area contributed by atoms with Gasteiger partial charge in [-0.25, -0.2) is 0 Å². The molecule has 0 amide bonds. The van der Waals surface area contributed by atoms with Crippen LogP contribution in [-0.4, -0.2) is 22.9 Å². The number of carboxylic acids is 2. The van der Waals surface area contributed by atoms with E-state index in [0.717, 1.165) is 13.8 Å². The van der Waals surface area contributed by atoms with Crippen LogP contribution in [0.2, 0.25) is 0 Å². The topological polar surface area (TPSA) is 143 Å². The Morgan fingerprint density at radius 3 is 0.833 bits per heavy atom. The third-order valence-electron chi connectivity index (χ3n) is 0. The minimum Gasteiger partial charge on any atom is -0.550 e. The first-order chi connectivity index (χ1) is 3.46. The molecule has 0 atom stereocenters. The smallest absolute Gasteiger partial charge is 0.550 e. The predicted octanol–water partition coefficient (Wildman–Crippen LogP) is -10.1. The molecular weight excluding hydrogens is 222 g/mol. The molecule has 12 heavy (non-hydrogen) atoms. The molecule has 0 fully saturated rings. The first-order valence-corrected chi connectivity index (χ1v) is 1.82. The van der Waals surface area contributed by atoms with E-state index in [9.17, 15) is 0 Å². The molecule has 0 aliphatic rings. The summed E-state index contributed by atoms with van der Waals surface area (Å²) in [6.07, 6.45) is 0. The molecule has 0 saturated heterocycles. The maximum Gasteiger partial charge on any atom is 1.00 e. The Balaban J connectivity index is -0.0000000112. The summed E-state index contributed by atoms with van der Waals surface area (Å²) in [7, 11) is 0. The normalized spacial score (nSPS) is 4.17. The molecule has 0 heterocycles. The summed E-state index contributed by atoms with van der Waals surface area (Å²) in [6, 6.07) is 0. The molecule has 0 aliphatic heterocycles. The van der Waals surface area contributed by atoms with Gasteiger partial charge in [0.1, 0.15) is 0 Å². The van der Waals surface area contributed by atoms with Gasteiger partial charge in [0, 0.05) is 11.9 Å². The van der Waals surface area contributed by atoms with E-state index in [1.165, 1.54) is 0 Å². The molecular formula is C4H10K2O6. The Morgan fingerprint density at radius 1 is 0.833 bits per heavy atom. The fourth-order valence-corrected chi connectivity index (χ4v) is 0. The summed E-state index contributed by atoms with van der Waals surface area (Å²) in [5.41, 5.74) is 0. The van der Waals surface area contributed by atoms with Crippen molar-refractivity contribution in [2.75, 3.05) is 0 Å². The van der Waals surface area contributed by atoms with Crippen LogP contribution in [0, 0.1) is 0 Å². The molecule has 0 spiro atoms. The monoisotopic (exact) mass is 232 g/mol. The van der Waals surface area contributed by atoms with Crippen molar-refractivity contribution in [3.8, 4) is 0 Å². The van der Waals surface area contributed by atoms with Crippen molar-refractivity contribution in [2.24, 2.45) is 0 Å². The molecule has 0 bridgehead atoms. The van der Waals surface area contributed by atoms with Gasteiger partial charge in [-0.3, -0.25) is 0 Å². The van der Waals surface area contributed by atoms with E-state index in [1.807, 2.05) is 0 Å². The van der Waals surface area contributed by atoms with Gasteiger partial charge >= 0.3 is 103 Å². The zero-order chi connectivity index (χ0) is 7.15. The van der Waals surface area contributed by atoms with Gasteiger partial charge in [-0.15, -0.1) is 0 Å². The van der Waals surface area contributed by atoms with Gasteiger partial charge in [-0.1, -0.05) is 0 Å². The third-order valence-corrected chi connectivity index (χ3v) is 0. The van der Waals surface area contributed by atoms with Gasteiger partial charge in [0.05, 0.1) is 0 Å². The zero-order valence-corrected chi connectivity index (χ0v) is 13.9. The van der Waals surface area contributed by atoms with Crippen LogP contribution in [0.4, 0.5) is 0 Å². The molecule has 0 aromatic heterocycles. The summed E-state index contributed by atoms with van der Waals surface area (Å²) in [6.45, 7) is 1.94. The van der Waals surface area contributed by atoms with Crippen molar-refractivity contribution in [3.63, 3.8) is 0 Å². The number of hydrogen-bond donors (Lipinski definition) is 0. The minimum atomic E-state index is -1.08. The summed E-state index contributed by atoms with van der Waals surface area (Å²) < 4.78 is 0. The van der Waals surface area contributed by atoms with Crippen molar-refractivity contribution < 1.29 is 134 Å². The number of hydrogen-bond acceptors (Lipinski definition) is 4. The molecule has 64 valence electrons. The van der Waals surface area contributed by atoms with Gasteiger partial charge in [0.2, 0.25) is 0 Å². The number of rotatable bonds is 0. The van der Waals surface area contributed by atoms with E-state index in [1.54, 1.807) is 0 Å². The molecule has 0 rings (SSSR count). The van der Waals surface area contributed by atoms with Gasteiger partial charge in [-0.05, 0) is 13.8 Å². The molecule has 0 aromatic carbocycles. The van der Waals surface area contributed by atoms with Crippen LogP contribution in [0.1, 0.15) is 13.8 Å². The van der Waals surface area contributed by atoms with Crippen LogP contribution in [-0.2, 0) is 9.59 Å². The first-order valence-electron chi connectivity index (χ1n) is 1.82. The standard InChI is InChI=1S/2C2H4O2.2K.2H2O/c2*1-2(3)4;;;;/h2*1H3,(H,3,4);;;2*1H2/q;;2*+1;;/p-2. The Labute approximate surface area is 156 Å². The molecule has 0 radical (unpaired) electrons. The number of carbonyl (C=O) groups excluding carboxylic acids is 2. The van der Waals surface area contributed by atoms with Crippen molar-refractivity contribution >= 4 is 11.9 Å².